The van der Waals surface area contributed by atoms with Crippen molar-refractivity contribution in [2.24, 2.45) is 0 Å². The van der Waals surface area contributed by atoms with Gasteiger partial charge in [-0.05, 0) is 19.4 Å². The molecular formula is C15H15NO2S. The molecule has 3 nitrogen and oxygen atoms in total. The number of carbonyl (C=O) groups is 2. The molecule has 0 fully saturated rings. The molecule has 0 amide bonds. The molecule has 0 spiro atoms. The lowest BCUT2D eigenvalue weighted by Crippen LogP contribution is -2.04. The average molecular weight is 273 g/mol. The maximum Gasteiger partial charge on any atom is 0.169 e. The average Bonchev–Trinajstić information content (AvgIpc) is 2.75. The van der Waals surface area contributed by atoms with Crippen LogP contribution in [0.3, 0.4) is 0 Å². The van der Waals surface area contributed by atoms with Crippen LogP contribution in [-0.2, 0) is 17.6 Å². The molecule has 0 aliphatic rings. The minimum Gasteiger partial charge on any atom is -0.300 e. The van der Waals surface area contributed by atoms with E-state index in [0.29, 0.717) is 18.4 Å². The summed E-state index contributed by atoms with van der Waals surface area (Å²) in [5.41, 5.74) is 2.55. The van der Waals surface area contributed by atoms with E-state index in [1.165, 1.54) is 11.3 Å². The summed E-state index contributed by atoms with van der Waals surface area (Å²) in [5.74, 6) is 0.182. The number of rotatable bonds is 5. The number of nitrogens with zero attached hydrogens (tertiary/aromatic N) is 1. The van der Waals surface area contributed by atoms with E-state index in [2.05, 4.69) is 4.98 Å². The van der Waals surface area contributed by atoms with Gasteiger partial charge in [-0.2, -0.15) is 0 Å². The van der Waals surface area contributed by atoms with E-state index in [1.807, 2.05) is 24.4 Å². The molecule has 0 N–H and O–H groups in total. The second-order valence-electron chi connectivity index (χ2n) is 4.56. The first kappa shape index (κ1) is 13.6. The Bertz CT molecular complexity index is 599. The Morgan fingerprint density at radius 1 is 1.16 bits per heavy atom. The molecule has 98 valence electrons. The van der Waals surface area contributed by atoms with Gasteiger partial charge in [-0.1, -0.05) is 24.3 Å². The van der Waals surface area contributed by atoms with Gasteiger partial charge in [0.15, 0.2) is 5.78 Å². The van der Waals surface area contributed by atoms with Crippen molar-refractivity contribution in [2.45, 2.75) is 26.7 Å². The topological polar surface area (TPSA) is 47.0 Å². The Hall–Kier alpha value is -1.81. The number of thiazole rings is 1. The fourth-order valence-corrected chi connectivity index (χ4v) is 2.59. The van der Waals surface area contributed by atoms with Crippen molar-refractivity contribution in [1.82, 2.24) is 4.98 Å². The summed E-state index contributed by atoms with van der Waals surface area (Å²) in [6, 6.07) is 7.23. The van der Waals surface area contributed by atoms with E-state index >= 15 is 0 Å². The van der Waals surface area contributed by atoms with Crippen molar-refractivity contribution < 1.29 is 9.59 Å². The van der Waals surface area contributed by atoms with Gasteiger partial charge in [0.25, 0.3) is 0 Å². The van der Waals surface area contributed by atoms with E-state index in [9.17, 15) is 9.59 Å². The van der Waals surface area contributed by atoms with Crippen LogP contribution in [0.15, 0.2) is 29.6 Å². The second-order valence-corrected chi connectivity index (χ2v) is 5.50. The first-order valence-corrected chi connectivity index (χ1v) is 6.95. The van der Waals surface area contributed by atoms with Crippen LogP contribution in [0.4, 0.5) is 0 Å². The minimum atomic E-state index is 0.0590. The molecule has 1 aromatic heterocycles. The monoisotopic (exact) mass is 273 g/mol. The number of benzene rings is 1. The first-order chi connectivity index (χ1) is 9.04. The van der Waals surface area contributed by atoms with Gasteiger partial charge in [-0.25, -0.2) is 4.98 Å². The van der Waals surface area contributed by atoms with Crippen LogP contribution in [0.5, 0.6) is 0 Å². The number of Topliss-reactive ketones (excluding diaryl/α,β-unsaturated/α-hetero) is 2. The van der Waals surface area contributed by atoms with Crippen LogP contribution in [-0.4, -0.2) is 16.6 Å². The normalized spacial score (nSPS) is 10.4. The van der Waals surface area contributed by atoms with Gasteiger partial charge in [0.05, 0.1) is 6.42 Å². The molecule has 0 radical (unpaired) electrons. The number of hydrogen-bond acceptors (Lipinski definition) is 4. The predicted octanol–water partition coefficient (Wildman–Crippen LogP) is 3.01. The van der Waals surface area contributed by atoms with Crippen LogP contribution < -0.4 is 0 Å². The summed E-state index contributed by atoms with van der Waals surface area (Å²) in [7, 11) is 0. The van der Waals surface area contributed by atoms with Gasteiger partial charge in [0.1, 0.15) is 10.8 Å². The molecular weight excluding hydrogens is 258 g/mol. The highest BCUT2D eigenvalue weighted by Crippen LogP contribution is 2.13. The van der Waals surface area contributed by atoms with E-state index in [1.54, 1.807) is 19.1 Å². The van der Waals surface area contributed by atoms with Crippen molar-refractivity contribution >= 4 is 22.9 Å². The number of carbonyl (C=O) groups excluding carboxylic acids is 2. The second kappa shape index (κ2) is 5.89. The number of aryl methyl sites for hydroxylation is 1. The van der Waals surface area contributed by atoms with Crippen LogP contribution in [0, 0.1) is 6.92 Å². The number of ketones is 2. The lowest BCUT2D eigenvalue weighted by molar-refractivity contribution is -0.116. The fourth-order valence-electron chi connectivity index (χ4n) is 1.82. The summed E-state index contributed by atoms with van der Waals surface area (Å²) < 4.78 is 0. The minimum absolute atomic E-state index is 0.0590. The molecule has 2 aromatic rings. The number of hydrogen-bond donors (Lipinski definition) is 0. The van der Waals surface area contributed by atoms with E-state index in [4.69, 9.17) is 0 Å². The molecule has 0 bridgehead atoms. The van der Waals surface area contributed by atoms with E-state index in [-0.39, 0.29) is 11.6 Å². The lowest BCUT2D eigenvalue weighted by atomic mass is 10.0. The van der Waals surface area contributed by atoms with Gasteiger partial charge < -0.3 is 0 Å². The third kappa shape index (κ3) is 3.83. The molecule has 0 saturated heterocycles. The third-order valence-electron chi connectivity index (χ3n) is 2.71. The van der Waals surface area contributed by atoms with Crippen molar-refractivity contribution in [2.75, 3.05) is 0 Å². The molecule has 0 aliphatic heterocycles. The molecule has 4 heteroatoms. The van der Waals surface area contributed by atoms with Crippen LogP contribution in [0.1, 0.15) is 33.5 Å². The molecule has 0 saturated carbocycles. The Morgan fingerprint density at radius 2 is 1.84 bits per heavy atom. The molecule has 0 atom stereocenters. The Morgan fingerprint density at radius 3 is 2.37 bits per heavy atom. The van der Waals surface area contributed by atoms with Crippen molar-refractivity contribution in [3.63, 3.8) is 0 Å². The maximum absolute atomic E-state index is 12.1. The standard InChI is InChI=1S/C15H15NO2S/c1-10-9-19-15(16-10)8-14(18)13-5-3-12(4-6-13)7-11(2)17/h3-6,9H,7-8H2,1-2H3. The van der Waals surface area contributed by atoms with Crippen LogP contribution in [0.2, 0.25) is 0 Å². The smallest absolute Gasteiger partial charge is 0.169 e. The molecule has 1 heterocycles. The zero-order valence-electron chi connectivity index (χ0n) is 11.0. The molecule has 19 heavy (non-hydrogen) atoms. The molecule has 0 aliphatic carbocycles. The van der Waals surface area contributed by atoms with Crippen molar-refractivity contribution in [3.8, 4) is 0 Å². The van der Waals surface area contributed by atoms with Crippen molar-refractivity contribution in [1.29, 1.82) is 0 Å². The first-order valence-electron chi connectivity index (χ1n) is 6.07. The quantitative estimate of drug-likeness (QED) is 0.787. The maximum atomic E-state index is 12.1. The van der Waals surface area contributed by atoms with Gasteiger partial charge in [0, 0.05) is 23.1 Å². The predicted molar refractivity (Wildman–Crippen MR) is 75.7 cm³/mol. The third-order valence-corrected chi connectivity index (χ3v) is 3.67. The van der Waals surface area contributed by atoms with Crippen molar-refractivity contribution in [3.05, 3.63) is 51.5 Å². The lowest BCUT2D eigenvalue weighted by Gasteiger charge is -2.01. The zero-order chi connectivity index (χ0) is 13.8. The van der Waals surface area contributed by atoms with Gasteiger partial charge >= 0.3 is 0 Å². The van der Waals surface area contributed by atoms with Gasteiger partial charge in [-0.3, -0.25) is 9.59 Å². The van der Waals surface area contributed by atoms with Crippen LogP contribution >= 0.6 is 11.3 Å². The Labute approximate surface area is 116 Å². The molecule has 2 rings (SSSR count). The number of aromatic nitrogens is 1. The highest BCUT2D eigenvalue weighted by molar-refractivity contribution is 7.09. The summed E-state index contributed by atoms with van der Waals surface area (Å²) in [5, 5.41) is 2.79. The van der Waals surface area contributed by atoms with E-state index in [0.717, 1.165) is 16.3 Å². The summed E-state index contributed by atoms with van der Waals surface area (Å²) in [4.78, 5) is 27.3. The highest BCUT2D eigenvalue weighted by Gasteiger charge is 2.09. The Kier molecular flexibility index (Phi) is 4.22. The van der Waals surface area contributed by atoms with Gasteiger partial charge in [-0.15, -0.1) is 11.3 Å². The Balaban J connectivity index is 2.05. The molecule has 0 unspecified atom stereocenters. The van der Waals surface area contributed by atoms with Crippen LogP contribution in [0.25, 0.3) is 0 Å². The summed E-state index contributed by atoms with van der Waals surface area (Å²) in [6.07, 6.45) is 0.755. The fraction of sp³-hybridized carbons (Fsp3) is 0.267. The highest BCUT2D eigenvalue weighted by atomic mass is 32.1. The SMILES string of the molecule is CC(=O)Cc1ccc(C(=O)Cc2nc(C)cs2)cc1. The van der Waals surface area contributed by atoms with Gasteiger partial charge in [0.2, 0.25) is 0 Å². The zero-order valence-corrected chi connectivity index (χ0v) is 11.8. The van der Waals surface area contributed by atoms with E-state index < -0.39 is 0 Å². The molecule has 1 aromatic carbocycles. The summed E-state index contributed by atoms with van der Waals surface area (Å²) in [6.45, 7) is 3.48. The largest absolute Gasteiger partial charge is 0.300 e. The summed E-state index contributed by atoms with van der Waals surface area (Å²) >= 11 is 1.51.